The van der Waals surface area contributed by atoms with E-state index in [0.29, 0.717) is 6.61 Å². The van der Waals surface area contributed by atoms with Crippen LogP contribution in [0.3, 0.4) is 0 Å². The molecule has 0 bridgehead atoms. The quantitative estimate of drug-likeness (QED) is 0.676. The summed E-state index contributed by atoms with van der Waals surface area (Å²) < 4.78 is 4.99. The van der Waals surface area contributed by atoms with Crippen molar-refractivity contribution in [2.45, 2.75) is 32.1 Å². The third-order valence-electron chi connectivity index (χ3n) is 3.20. The standard InChI is InChI=1S/C11H19NO4/c1-16-8-6-11(4-2-5-11)10(15)12-7-3-9(13)14/h2-8H2,1H3,(H,12,15)(H,13,14). The molecular formula is C11H19NO4. The summed E-state index contributed by atoms with van der Waals surface area (Å²) in [6.07, 6.45) is 3.54. The summed E-state index contributed by atoms with van der Waals surface area (Å²) in [5, 5.41) is 11.2. The predicted molar refractivity (Wildman–Crippen MR) is 58.0 cm³/mol. The second-order valence-electron chi connectivity index (χ2n) is 4.28. The smallest absolute Gasteiger partial charge is 0.305 e. The zero-order valence-corrected chi connectivity index (χ0v) is 9.62. The molecule has 1 rings (SSSR count). The molecule has 0 aliphatic heterocycles. The Bertz CT molecular complexity index is 261. The lowest BCUT2D eigenvalue weighted by molar-refractivity contribution is -0.138. The normalized spacial score (nSPS) is 17.6. The van der Waals surface area contributed by atoms with Crippen molar-refractivity contribution < 1.29 is 19.4 Å². The topological polar surface area (TPSA) is 75.6 Å². The highest BCUT2D eigenvalue weighted by atomic mass is 16.5. The molecular weight excluding hydrogens is 210 g/mol. The summed E-state index contributed by atoms with van der Waals surface area (Å²) in [5.41, 5.74) is -0.297. The zero-order valence-electron chi connectivity index (χ0n) is 9.62. The lowest BCUT2D eigenvalue weighted by atomic mass is 9.66. The first-order valence-corrected chi connectivity index (χ1v) is 5.60. The second kappa shape index (κ2) is 5.84. The maximum absolute atomic E-state index is 11.9. The van der Waals surface area contributed by atoms with Crippen LogP contribution in [0.5, 0.6) is 0 Å². The van der Waals surface area contributed by atoms with E-state index in [0.717, 1.165) is 25.7 Å². The van der Waals surface area contributed by atoms with E-state index in [1.807, 2.05) is 0 Å². The molecule has 0 spiro atoms. The molecule has 1 aliphatic rings. The van der Waals surface area contributed by atoms with Gasteiger partial charge in [0.2, 0.25) is 5.91 Å². The van der Waals surface area contributed by atoms with Gasteiger partial charge in [-0.1, -0.05) is 6.42 Å². The number of carbonyl (C=O) groups excluding carboxylic acids is 1. The van der Waals surface area contributed by atoms with E-state index in [4.69, 9.17) is 9.84 Å². The molecule has 0 heterocycles. The number of carboxylic acid groups (broad SMARTS) is 1. The van der Waals surface area contributed by atoms with Crippen molar-refractivity contribution in [2.24, 2.45) is 5.41 Å². The average molecular weight is 229 g/mol. The maximum atomic E-state index is 11.9. The number of rotatable bonds is 7. The molecule has 0 atom stereocenters. The van der Waals surface area contributed by atoms with Crippen molar-refractivity contribution in [1.82, 2.24) is 5.32 Å². The Labute approximate surface area is 95.2 Å². The zero-order chi connectivity index (χ0) is 12.0. The summed E-state index contributed by atoms with van der Waals surface area (Å²) in [4.78, 5) is 22.2. The molecule has 0 unspecified atom stereocenters. The van der Waals surface area contributed by atoms with Crippen LogP contribution in [0.15, 0.2) is 0 Å². The van der Waals surface area contributed by atoms with Crippen molar-refractivity contribution in [3.63, 3.8) is 0 Å². The first-order chi connectivity index (χ1) is 7.60. The van der Waals surface area contributed by atoms with E-state index in [2.05, 4.69) is 5.32 Å². The number of aliphatic carboxylic acids is 1. The van der Waals surface area contributed by atoms with E-state index in [-0.39, 0.29) is 24.3 Å². The second-order valence-corrected chi connectivity index (χ2v) is 4.28. The van der Waals surface area contributed by atoms with Gasteiger partial charge in [0.05, 0.1) is 11.8 Å². The number of methoxy groups -OCH3 is 1. The SMILES string of the molecule is COCCC1(C(=O)NCCC(=O)O)CCC1. The number of hydrogen-bond acceptors (Lipinski definition) is 3. The molecule has 0 aromatic heterocycles. The Morgan fingerprint density at radius 2 is 2.12 bits per heavy atom. The highest BCUT2D eigenvalue weighted by molar-refractivity contribution is 5.83. The minimum Gasteiger partial charge on any atom is -0.481 e. The van der Waals surface area contributed by atoms with E-state index in [1.165, 1.54) is 0 Å². The van der Waals surface area contributed by atoms with Crippen molar-refractivity contribution in [1.29, 1.82) is 0 Å². The summed E-state index contributed by atoms with van der Waals surface area (Å²) in [7, 11) is 1.62. The number of amides is 1. The van der Waals surface area contributed by atoms with E-state index < -0.39 is 5.97 Å². The Balaban J connectivity index is 2.34. The Morgan fingerprint density at radius 1 is 1.44 bits per heavy atom. The molecule has 1 aliphatic carbocycles. The monoisotopic (exact) mass is 229 g/mol. The van der Waals surface area contributed by atoms with E-state index >= 15 is 0 Å². The Hall–Kier alpha value is -1.10. The van der Waals surface area contributed by atoms with Crippen molar-refractivity contribution in [3.8, 4) is 0 Å². The molecule has 5 heteroatoms. The van der Waals surface area contributed by atoms with Gasteiger partial charge in [-0.15, -0.1) is 0 Å². The van der Waals surface area contributed by atoms with Crippen molar-refractivity contribution in [2.75, 3.05) is 20.3 Å². The minimum absolute atomic E-state index is 0.0166. The van der Waals surface area contributed by atoms with Crippen LogP contribution in [0.25, 0.3) is 0 Å². The van der Waals surface area contributed by atoms with Gasteiger partial charge in [0.25, 0.3) is 0 Å². The third kappa shape index (κ3) is 3.20. The number of hydrogen-bond donors (Lipinski definition) is 2. The molecule has 92 valence electrons. The van der Waals surface area contributed by atoms with Crippen LogP contribution >= 0.6 is 0 Å². The van der Waals surface area contributed by atoms with Crippen LogP contribution in [0.2, 0.25) is 0 Å². The van der Waals surface area contributed by atoms with E-state index in [9.17, 15) is 9.59 Å². The molecule has 0 radical (unpaired) electrons. The summed E-state index contributed by atoms with van der Waals surface area (Å²) in [5.74, 6) is -0.906. The summed E-state index contributed by atoms with van der Waals surface area (Å²) in [6, 6.07) is 0. The lowest BCUT2D eigenvalue weighted by Crippen LogP contribution is -2.46. The fourth-order valence-electron chi connectivity index (χ4n) is 1.96. The summed E-state index contributed by atoms with van der Waals surface area (Å²) >= 11 is 0. The number of carbonyl (C=O) groups is 2. The average Bonchev–Trinajstić information content (AvgIpc) is 2.15. The first kappa shape index (κ1) is 13.0. The summed E-state index contributed by atoms with van der Waals surface area (Å²) in [6.45, 7) is 0.787. The molecule has 0 aromatic rings. The van der Waals surface area contributed by atoms with Crippen LogP contribution < -0.4 is 5.32 Å². The van der Waals surface area contributed by atoms with Crippen LogP contribution in [0, 0.1) is 5.41 Å². The fraction of sp³-hybridized carbons (Fsp3) is 0.818. The van der Waals surface area contributed by atoms with Gasteiger partial charge in [0, 0.05) is 20.3 Å². The van der Waals surface area contributed by atoms with Crippen molar-refractivity contribution in [3.05, 3.63) is 0 Å². The molecule has 1 saturated carbocycles. The molecule has 16 heavy (non-hydrogen) atoms. The van der Waals surface area contributed by atoms with Gasteiger partial charge in [-0.25, -0.2) is 0 Å². The molecule has 1 amide bonds. The molecule has 1 fully saturated rings. The van der Waals surface area contributed by atoms with Gasteiger partial charge in [-0.3, -0.25) is 9.59 Å². The van der Waals surface area contributed by atoms with Crippen molar-refractivity contribution >= 4 is 11.9 Å². The molecule has 2 N–H and O–H groups in total. The largest absolute Gasteiger partial charge is 0.481 e. The van der Waals surface area contributed by atoms with Crippen LogP contribution in [0.1, 0.15) is 32.1 Å². The van der Waals surface area contributed by atoms with Gasteiger partial charge in [0.15, 0.2) is 0 Å². The van der Waals surface area contributed by atoms with Gasteiger partial charge in [0.1, 0.15) is 0 Å². The minimum atomic E-state index is -0.889. The third-order valence-corrected chi connectivity index (χ3v) is 3.20. The first-order valence-electron chi connectivity index (χ1n) is 5.60. The maximum Gasteiger partial charge on any atom is 0.305 e. The van der Waals surface area contributed by atoms with Gasteiger partial charge in [-0.05, 0) is 19.3 Å². The fourth-order valence-corrected chi connectivity index (χ4v) is 1.96. The Morgan fingerprint density at radius 3 is 2.56 bits per heavy atom. The lowest BCUT2D eigenvalue weighted by Gasteiger charge is -2.40. The molecule has 0 aromatic carbocycles. The van der Waals surface area contributed by atoms with Crippen LogP contribution in [0.4, 0.5) is 0 Å². The predicted octanol–water partition coefficient (Wildman–Crippen LogP) is 0.784. The molecule has 5 nitrogen and oxygen atoms in total. The molecule has 0 saturated heterocycles. The van der Waals surface area contributed by atoms with Crippen LogP contribution in [-0.4, -0.2) is 37.2 Å². The van der Waals surface area contributed by atoms with Crippen LogP contribution in [-0.2, 0) is 14.3 Å². The van der Waals surface area contributed by atoms with E-state index in [1.54, 1.807) is 7.11 Å². The number of carboxylic acids is 1. The number of ether oxygens (including phenoxy) is 1. The van der Waals surface area contributed by atoms with Gasteiger partial charge in [-0.2, -0.15) is 0 Å². The highest BCUT2D eigenvalue weighted by Crippen LogP contribution is 2.44. The van der Waals surface area contributed by atoms with Gasteiger partial charge >= 0.3 is 5.97 Å². The number of nitrogens with one attached hydrogen (secondary N) is 1. The highest BCUT2D eigenvalue weighted by Gasteiger charge is 2.43. The Kier molecular flexibility index (Phi) is 4.73. The van der Waals surface area contributed by atoms with Gasteiger partial charge < -0.3 is 15.2 Å².